The number of aryl methyl sites for hydroxylation is 3. The van der Waals surface area contributed by atoms with Crippen molar-refractivity contribution in [1.29, 1.82) is 0 Å². The third-order valence-electron chi connectivity index (χ3n) is 5.05. The largest absolute Gasteiger partial charge is 0.497 e. The van der Waals surface area contributed by atoms with E-state index in [0.717, 1.165) is 28.5 Å². The molecule has 0 bridgehead atoms. The van der Waals surface area contributed by atoms with Crippen LogP contribution in [-0.4, -0.2) is 29.4 Å². The maximum absolute atomic E-state index is 5.79. The second-order valence-electron chi connectivity index (χ2n) is 7.01. The van der Waals surface area contributed by atoms with Crippen molar-refractivity contribution in [3.8, 4) is 17.2 Å². The molecule has 0 fully saturated rings. The molecule has 1 atom stereocenters. The molecule has 2 aromatic rings. The lowest BCUT2D eigenvalue weighted by atomic mass is 10.1. The van der Waals surface area contributed by atoms with Gasteiger partial charge >= 0.3 is 0 Å². The second kappa shape index (κ2) is 8.00. The van der Waals surface area contributed by atoms with Crippen molar-refractivity contribution in [2.24, 2.45) is 0 Å². The van der Waals surface area contributed by atoms with Gasteiger partial charge in [0, 0.05) is 17.3 Å². The highest BCUT2D eigenvalue weighted by Gasteiger charge is 2.39. The van der Waals surface area contributed by atoms with Gasteiger partial charge in [-0.25, -0.2) is 0 Å². The van der Waals surface area contributed by atoms with Gasteiger partial charge in [0.25, 0.3) is 0 Å². The smallest absolute Gasteiger partial charge is 0.129 e. The van der Waals surface area contributed by atoms with Crippen molar-refractivity contribution in [3.63, 3.8) is 0 Å². The minimum absolute atomic E-state index is 0.731. The number of allylic oxidation sites excluding steroid dienone is 1. The van der Waals surface area contributed by atoms with E-state index in [1.165, 1.54) is 21.9 Å². The van der Waals surface area contributed by atoms with Crippen molar-refractivity contribution in [2.75, 3.05) is 21.3 Å². The van der Waals surface area contributed by atoms with Crippen LogP contribution >= 0.6 is 0 Å². The first-order chi connectivity index (χ1) is 12.3. The predicted octanol–water partition coefficient (Wildman–Crippen LogP) is 4.02. The van der Waals surface area contributed by atoms with E-state index in [0.29, 0.717) is 0 Å². The Morgan fingerprint density at radius 2 is 1.35 bits per heavy atom. The summed E-state index contributed by atoms with van der Waals surface area (Å²) in [6.07, 6.45) is 2.02. The van der Waals surface area contributed by atoms with E-state index in [1.54, 1.807) is 21.3 Å². The fourth-order valence-electron chi connectivity index (χ4n) is 4.22. The Labute approximate surface area is 158 Å². The molecule has 0 unspecified atom stereocenters. The molecule has 2 rings (SSSR count). The zero-order valence-electron chi connectivity index (χ0n) is 17.0. The molecule has 26 heavy (non-hydrogen) atoms. The molecule has 0 radical (unpaired) electrons. The molecule has 0 saturated heterocycles. The summed E-state index contributed by atoms with van der Waals surface area (Å²) in [5.74, 6) is 2.36. The van der Waals surface area contributed by atoms with Gasteiger partial charge in [0.05, 0.1) is 21.3 Å². The first-order valence-corrected chi connectivity index (χ1v) is 11.5. The predicted molar refractivity (Wildman–Crippen MR) is 113 cm³/mol. The summed E-state index contributed by atoms with van der Waals surface area (Å²) >= 11 is 0. The summed E-state index contributed by atoms with van der Waals surface area (Å²) in [7, 11) is 2.86. The van der Waals surface area contributed by atoms with E-state index in [9.17, 15) is 0 Å². The maximum Gasteiger partial charge on any atom is 0.129 e. The van der Waals surface area contributed by atoms with Gasteiger partial charge in [-0.15, -0.1) is 6.58 Å². The van der Waals surface area contributed by atoms with E-state index in [4.69, 9.17) is 14.2 Å². The number of methoxy groups -OCH3 is 3. The highest BCUT2D eigenvalue weighted by molar-refractivity contribution is 7.03. The fourth-order valence-corrected chi connectivity index (χ4v) is 8.77. The number of benzene rings is 2. The Morgan fingerprint density at radius 1 is 0.846 bits per heavy atom. The normalized spacial score (nSPS) is 13.0. The quantitative estimate of drug-likeness (QED) is 0.544. The van der Waals surface area contributed by atoms with Gasteiger partial charge in [-0.3, -0.25) is 0 Å². The van der Waals surface area contributed by atoms with E-state index in [1.807, 2.05) is 18.2 Å². The minimum Gasteiger partial charge on any atom is -0.497 e. The highest BCUT2D eigenvalue weighted by atomic mass is 28.3. The van der Waals surface area contributed by atoms with Crippen LogP contribution in [0.5, 0.6) is 17.2 Å². The van der Waals surface area contributed by atoms with Gasteiger partial charge in [-0.05, 0) is 32.0 Å². The average Bonchev–Trinajstić information content (AvgIpc) is 2.59. The third-order valence-corrected chi connectivity index (χ3v) is 9.64. The van der Waals surface area contributed by atoms with Gasteiger partial charge in [0.15, 0.2) is 0 Å². The molecule has 0 aliphatic heterocycles. The fraction of sp³-hybridized carbons (Fsp3) is 0.364. The van der Waals surface area contributed by atoms with E-state index in [-0.39, 0.29) is 0 Å². The standard InChI is InChI=1S/C22H30O3Si/c1-9-10-26(8,21-16(3)11-15(2)12-17(21)4)22-19(24-6)13-18(23-5)14-20(22)25-7/h9,11-14H,1,10H2,2-8H3/t26-/m0/s1. The van der Waals surface area contributed by atoms with Crippen LogP contribution in [0.4, 0.5) is 0 Å². The molecule has 2 aromatic carbocycles. The van der Waals surface area contributed by atoms with Crippen LogP contribution in [0.3, 0.4) is 0 Å². The number of hydrogen-bond donors (Lipinski definition) is 0. The molecule has 140 valence electrons. The van der Waals surface area contributed by atoms with E-state index in [2.05, 4.69) is 46.0 Å². The molecule has 0 N–H and O–H groups in total. The molecule has 0 heterocycles. The maximum atomic E-state index is 5.79. The van der Waals surface area contributed by atoms with Crippen molar-refractivity contribution in [2.45, 2.75) is 33.4 Å². The zero-order valence-corrected chi connectivity index (χ0v) is 18.0. The SMILES string of the molecule is C=CC[Si@@](C)(c1c(C)cc(C)cc1C)c1c(OC)cc(OC)cc1OC. The Morgan fingerprint density at radius 3 is 1.73 bits per heavy atom. The lowest BCUT2D eigenvalue weighted by molar-refractivity contribution is 0.379. The van der Waals surface area contributed by atoms with Crippen molar-refractivity contribution in [3.05, 3.63) is 53.6 Å². The van der Waals surface area contributed by atoms with Crippen LogP contribution in [0.25, 0.3) is 0 Å². The summed E-state index contributed by atoms with van der Waals surface area (Å²) in [5, 5.41) is 2.57. The van der Waals surface area contributed by atoms with Crippen LogP contribution in [0.2, 0.25) is 12.6 Å². The summed E-state index contributed by atoms with van der Waals surface area (Å²) < 4.78 is 17.0. The Kier molecular flexibility index (Phi) is 6.19. The first kappa shape index (κ1) is 20.1. The van der Waals surface area contributed by atoms with Crippen LogP contribution in [0.1, 0.15) is 16.7 Å². The Hall–Kier alpha value is -2.20. The monoisotopic (exact) mass is 370 g/mol. The molecule has 4 heteroatoms. The van der Waals surface area contributed by atoms with Crippen molar-refractivity contribution < 1.29 is 14.2 Å². The highest BCUT2D eigenvalue weighted by Crippen LogP contribution is 2.31. The molecule has 0 amide bonds. The van der Waals surface area contributed by atoms with Crippen molar-refractivity contribution >= 4 is 18.4 Å². The third kappa shape index (κ3) is 3.51. The minimum atomic E-state index is -2.20. The van der Waals surface area contributed by atoms with Gasteiger partial charge in [0.2, 0.25) is 0 Å². The van der Waals surface area contributed by atoms with Crippen molar-refractivity contribution in [1.82, 2.24) is 0 Å². The topological polar surface area (TPSA) is 27.7 Å². The molecule has 0 saturated carbocycles. The molecule has 0 aromatic heterocycles. The van der Waals surface area contributed by atoms with E-state index >= 15 is 0 Å². The number of rotatable bonds is 7. The first-order valence-electron chi connectivity index (χ1n) is 8.82. The Balaban J connectivity index is 2.89. The van der Waals surface area contributed by atoms with Crippen LogP contribution in [0.15, 0.2) is 36.9 Å². The summed E-state index contributed by atoms with van der Waals surface area (Å²) in [5.41, 5.74) is 3.92. The van der Waals surface area contributed by atoms with Gasteiger partial charge in [-0.2, -0.15) is 0 Å². The number of hydrogen-bond acceptors (Lipinski definition) is 3. The van der Waals surface area contributed by atoms with Crippen LogP contribution < -0.4 is 24.6 Å². The van der Waals surface area contributed by atoms with Crippen LogP contribution in [-0.2, 0) is 0 Å². The summed E-state index contributed by atoms with van der Waals surface area (Å²) in [4.78, 5) is 0. The van der Waals surface area contributed by atoms with E-state index < -0.39 is 8.07 Å². The van der Waals surface area contributed by atoms with Gasteiger partial charge in [-0.1, -0.05) is 41.4 Å². The zero-order chi connectivity index (χ0) is 19.5. The average molecular weight is 371 g/mol. The molecule has 0 spiro atoms. The molecular weight excluding hydrogens is 340 g/mol. The summed E-state index contributed by atoms with van der Waals surface area (Å²) in [6.45, 7) is 13.0. The van der Waals surface area contributed by atoms with Crippen LogP contribution in [0, 0.1) is 20.8 Å². The molecule has 0 aliphatic carbocycles. The molecule has 3 nitrogen and oxygen atoms in total. The molecule has 0 aliphatic rings. The number of ether oxygens (including phenoxy) is 3. The lowest BCUT2D eigenvalue weighted by Crippen LogP contribution is -2.58. The Bertz CT molecular complexity index is 765. The lowest BCUT2D eigenvalue weighted by Gasteiger charge is -2.33. The van der Waals surface area contributed by atoms with Gasteiger partial charge in [0.1, 0.15) is 25.3 Å². The summed E-state index contributed by atoms with van der Waals surface area (Å²) in [6, 6.07) is 9.32. The second-order valence-corrected chi connectivity index (χ2v) is 11.1. The molecular formula is C22H30O3Si. The van der Waals surface area contributed by atoms with Gasteiger partial charge < -0.3 is 14.2 Å².